The third kappa shape index (κ3) is 4.69. The maximum Gasteiger partial charge on any atom is 0.281 e. The van der Waals surface area contributed by atoms with E-state index in [1.54, 1.807) is 11.4 Å². The molecular formula is C14H31N3O2S. The molecule has 5 nitrogen and oxygen atoms in total. The highest BCUT2D eigenvalue weighted by atomic mass is 32.2. The average Bonchev–Trinajstić information content (AvgIpc) is 2.46. The van der Waals surface area contributed by atoms with Crippen molar-refractivity contribution >= 4 is 10.2 Å². The SMILES string of the molecule is CCCNCC1CCCN(S(=O)(=O)N(C)C(C)CC)C1. The van der Waals surface area contributed by atoms with Crippen molar-refractivity contribution in [2.45, 2.75) is 52.5 Å². The molecule has 1 fully saturated rings. The van der Waals surface area contributed by atoms with Crippen molar-refractivity contribution in [3.63, 3.8) is 0 Å². The van der Waals surface area contributed by atoms with Crippen LogP contribution in [-0.2, 0) is 10.2 Å². The van der Waals surface area contributed by atoms with E-state index >= 15 is 0 Å². The third-order valence-electron chi connectivity index (χ3n) is 4.24. The Bertz CT molecular complexity index is 373. The van der Waals surface area contributed by atoms with Gasteiger partial charge < -0.3 is 5.32 Å². The molecule has 0 bridgehead atoms. The standard InChI is InChI=1S/C14H31N3O2S/c1-5-9-15-11-14-8-7-10-17(12-14)20(18,19)16(4)13(3)6-2/h13-15H,5-12H2,1-4H3. The van der Waals surface area contributed by atoms with Crippen LogP contribution in [0.5, 0.6) is 0 Å². The largest absolute Gasteiger partial charge is 0.316 e. The predicted octanol–water partition coefficient (Wildman–Crippen LogP) is 1.67. The highest BCUT2D eigenvalue weighted by Crippen LogP contribution is 2.21. The number of nitrogens with zero attached hydrogens (tertiary/aromatic N) is 2. The van der Waals surface area contributed by atoms with Gasteiger partial charge in [-0.25, -0.2) is 0 Å². The number of rotatable bonds is 8. The van der Waals surface area contributed by atoms with Crippen LogP contribution in [0.25, 0.3) is 0 Å². The molecule has 6 heteroatoms. The Morgan fingerprint density at radius 2 is 2.10 bits per heavy atom. The van der Waals surface area contributed by atoms with Crippen LogP contribution in [0.3, 0.4) is 0 Å². The van der Waals surface area contributed by atoms with Gasteiger partial charge in [-0.05, 0) is 51.6 Å². The van der Waals surface area contributed by atoms with Gasteiger partial charge in [-0.15, -0.1) is 0 Å². The Labute approximate surface area is 124 Å². The van der Waals surface area contributed by atoms with E-state index in [0.717, 1.165) is 38.8 Å². The fraction of sp³-hybridized carbons (Fsp3) is 1.00. The molecule has 1 N–H and O–H groups in total. The molecule has 120 valence electrons. The van der Waals surface area contributed by atoms with E-state index in [-0.39, 0.29) is 6.04 Å². The highest BCUT2D eigenvalue weighted by Gasteiger charge is 2.33. The summed E-state index contributed by atoms with van der Waals surface area (Å²) in [6, 6.07) is 0.0543. The van der Waals surface area contributed by atoms with Crippen LogP contribution < -0.4 is 5.32 Å². The Balaban J connectivity index is 2.61. The lowest BCUT2D eigenvalue weighted by Gasteiger charge is -2.36. The zero-order valence-corrected chi connectivity index (χ0v) is 14.2. The number of hydrogen-bond donors (Lipinski definition) is 1. The van der Waals surface area contributed by atoms with E-state index < -0.39 is 10.2 Å². The molecule has 0 saturated carbocycles. The van der Waals surface area contributed by atoms with E-state index in [4.69, 9.17) is 0 Å². The van der Waals surface area contributed by atoms with Crippen LogP contribution in [0.2, 0.25) is 0 Å². The molecule has 1 aliphatic heterocycles. The minimum atomic E-state index is -3.30. The van der Waals surface area contributed by atoms with Gasteiger partial charge in [0, 0.05) is 26.2 Å². The van der Waals surface area contributed by atoms with Gasteiger partial charge in [-0.2, -0.15) is 17.0 Å². The second-order valence-corrected chi connectivity index (χ2v) is 7.84. The Morgan fingerprint density at radius 1 is 1.40 bits per heavy atom. The Kier molecular flexibility index (Phi) is 7.43. The van der Waals surface area contributed by atoms with E-state index in [9.17, 15) is 8.42 Å². The molecule has 0 aromatic rings. The van der Waals surface area contributed by atoms with E-state index in [1.807, 2.05) is 13.8 Å². The molecule has 1 rings (SSSR count). The smallest absolute Gasteiger partial charge is 0.281 e. The molecule has 0 aromatic heterocycles. The lowest BCUT2D eigenvalue weighted by Crippen LogP contribution is -2.50. The van der Waals surface area contributed by atoms with Crippen molar-refractivity contribution in [3.05, 3.63) is 0 Å². The van der Waals surface area contributed by atoms with Gasteiger partial charge in [0.25, 0.3) is 10.2 Å². The van der Waals surface area contributed by atoms with Gasteiger partial charge >= 0.3 is 0 Å². The molecule has 2 atom stereocenters. The monoisotopic (exact) mass is 305 g/mol. The van der Waals surface area contributed by atoms with E-state index in [2.05, 4.69) is 12.2 Å². The first-order valence-corrected chi connectivity index (χ1v) is 9.26. The molecule has 0 aliphatic carbocycles. The first kappa shape index (κ1) is 17.9. The summed E-state index contributed by atoms with van der Waals surface area (Å²) in [5, 5.41) is 3.40. The van der Waals surface area contributed by atoms with Crippen LogP contribution in [0.1, 0.15) is 46.5 Å². The molecule has 0 spiro atoms. The van der Waals surface area contributed by atoms with E-state index in [0.29, 0.717) is 19.0 Å². The van der Waals surface area contributed by atoms with Crippen LogP contribution in [0.4, 0.5) is 0 Å². The molecule has 0 amide bonds. The quantitative estimate of drug-likeness (QED) is 0.694. The highest BCUT2D eigenvalue weighted by molar-refractivity contribution is 7.86. The zero-order chi connectivity index (χ0) is 15.2. The Morgan fingerprint density at radius 3 is 2.70 bits per heavy atom. The predicted molar refractivity (Wildman–Crippen MR) is 83.9 cm³/mol. The van der Waals surface area contributed by atoms with Crippen molar-refractivity contribution in [1.82, 2.24) is 13.9 Å². The second-order valence-electron chi connectivity index (χ2n) is 5.85. The van der Waals surface area contributed by atoms with E-state index in [1.165, 1.54) is 4.31 Å². The molecule has 1 heterocycles. The number of nitrogens with one attached hydrogen (secondary N) is 1. The molecule has 20 heavy (non-hydrogen) atoms. The normalized spacial score (nSPS) is 23.1. The lowest BCUT2D eigenvalue weighted by molar-refractivity contribution is 0.238. The zero-order valence-electron chi connectivity index (χ0n) is 13.4. The van der Waals surface area contributed by atoms with Crippen LogP contribution in [0, 0.1) is 5.92 Å². The second kappa shape index (κ2) is 8.32. The van der Waals surface area contributed by atoms with Crippen molar-refractivity contribution in [1.29, 1.82) is 0 Å². The minimum absolute atomic E-state index is 0.0543. The summed E-state index contributed by atoms with van der Waals surface area (Å²) >= 11 is 0. The van der Waals surface area contributed by atoms with Gasteiger partial charge in [0.15, 0.2) is 0 Å². The van der Waals surface area contributed by atoms with Crippen molar-refractivity contribution < 1.29 is 8.42 Å². The van der Waals surface area contributed by atoms with Crippen molar-refractivity contribution in [3.8, 4) is 0 Å². The van der Waals surface area contributed by atoms with Gasteiger partial charge in [-0.1, -0.05) is 13.8 Å². The maximum absolute atomic E-state index is 12.6. The van der Waals surface area contributed by atoms with Crippen LogP contribution >= 0.6 is 0 Å². The van der Waals surface area contributed by atoms with Crippen LogP contribution in [-0.4, -0.2) is 56.3 Å². The molecule has 1 saturated heterocycles. The van der Waals surface area contributed by atoms with Gasteiger partial charge in [-0.3, -0.25) is 0 Å². The number of piperidine rings is 1. The molecule has 1 aliphatic rings. The summed E-state index contributed by atoms with van der Waals surface area (Å²) in [7, 11) is -1.60. The summed E-state index contributed by atoms with van der Waals surface area (Å²) in [6.45, 7) is 9.37. The van der Waals surface area contributed by atoms with Crippen LogP contribution in [0.15, 0.2) is 0 Å². The average molecular weight is 305 g/mol. The topological polar surface area (TPSA) is 52.7 Å². The minimum Gasteiger partial charge on any atom is -0.316 e. The van der Waals surface area contributed by atoms with Crippen molar-refractivity contribution in [2.24, 2.45) is 5.92 Å². The fourth-order valence-corrected chi connectivity index (χ4v) is 4.28. The fourth-order valence-electron chi connectivity index (χ4n) is 2.55. The first-order chi connectivity index (χ1) is 9.43. The summed E-state index contributed by atoms with van der Waals surface area (Å²) in [5.74, 6) is 0.440. The third-order valence-corrected chi connectivity index (χ3v) is 6.32. The maximum atomic E-state index is 12.6. The summed E-state index contributed by atoms with van der Waals surface area (Å²) in [4.78, 5) is 0. The summed E-state index contributed by atoms with van der Waals surface area (Å²) < 4.78 is 28.4. The van der Waals surface area contributed by atoms with Gasteiger partial charge in [0.2, 0.25) is 0 Å². The number of hydrogen-bond acceptors (Lipinski definition) is 3. The molecule has 0 aromatic carbocycles. The summed E-state index contributed by atoms with van der Waals surface area (Å²) in [6.07, 6.45) is 4.04. The molecular weight excluding hydrogens is 274 g/mol. The van der Waals surface area contributed by atoms with Gasteiger partial charge in [0.1, 0.15) is 0 Å². The Hall–Kier alpha value is -0.170. The molecule has 0 radical (unpaired) electrons. The van der Waals surface area contributed by atoms with Gasteiger partial charge in [0.05, 0.1) is 0 Å². The lowest BCUT2D eigenvalue weighted by atomic mass is 10.00. The summed E-state index contributed by atoms with van der Waals surface area (Å²) in [5.41, 5.74) is 0. The molecule has 2 unspecified atom stereocenters. The van der Waals surface area contributed by atoms with Crippen molar-refractivity contribution in [2.75, 3.05) is 33.2 Å². The first-order valence-electron chi connectivity index (χ1n) is 7.87.